The van der Waals surface area contributed by atoms with Crippen LogP contribution < -0.4 is 9.47 Å². The highest BCUT2D eigenvalue weighted by atomic mass is 16.5. The molecule has 0 aromatic heterocycles. The van der Waals surface area contributed by atoms with Gasteiger partial charge in [0.2, 0.25) is 0 Å². The molecular formula is C27H22O4. The Kier molecular flexibility index (Phi) is 6.08. The van der Waals surface area contributed by atoms with E-state index in [1.807, 2.05) is 30.3 Å². The fourth-order valence-corrected chi connectivity index (χ4v) is 3.53. The van der Waals surface area contributed by atoms with Crippen molar-refractivity contribution in [2.24, 2.45) is 0 Å². The molecule has 154 valence electrons. The first kappa shape index (κ1) is 20.4. The molecule has 0 saturated heterocycles. The Balaban J connectivity index is 1.77. The summed E-state index contributed by atoms with van der Waals surface area (Å²) in [5, 5.41) is 1.51. The molecule has 4 heteroatoms. The average molecular weight is 410 g/mol. The highest BCUT2D eigenvalue weighted by molar-refractivity contribution is 6.01. The third-order valence-corrected chi connectivity index (χ3v) is 5.00. The molecule has 0 bridgehead atoms. The molecule has 4 aromatic carbocycles. The summed E-state index contributed by atoms with van der Waals surface area (Å²) in [6.07, 6.45) is 1.83. The van der Waals surface area contributed by atoms with Gasteiger partial charge in [0.25, 0.3) is 0 Å². The largest absolute Gasteiger partial charge is 0.422 e. The van der Waals surface area contributed by atoms with Crippen molar-refractivity contribution in [3.63, 3.8) is 0 Å². The predicted octanol–water partition coefficient (Wildman–Crippen LogP) is 6.23. The van der Waals surface area contributed by atoms with E-state index in [1.54, 1.807) is 60.7 Å². The van der Waals surface area contributed by atoms with Crippen LogP contribution in [0.5, 0.6) is 11.5 Å². The van der Waals surface area contributed by atoms with Crippen LogP contribution in [0, 0.1) is 0 Å². The van der Waals surface area contributed by atoms with Gasteiger partial charge in [-0.1, -0.05) is 67.9 Å². The molecule has 0 fully saturated rings. The Morgan fingerprint density at radius 2 is 1.19 bits per heavy atom. The predicted molar refractivity (Wildman–Crippen MR) is 121 cm³/mol. The lowest BCUT2D eigenvalue weighted by molar-refractivity contribution is 0.0736. The van der Waals surface area contributed by atoms with Crippen molar-refractivity contribution in [1.82, 2.24) is 0 Å². The number of rotatable bonds is 6. The van der Waals surface area contributed by atoms with Gasteiger partial charge in [0.05, 0.1) is 16.5 Å². The van der Waals surface area contributed by atoms with Crippen LogP contribution in [0.25, 0.3) is 10.8 Å². The quantitative estimate of drug-likeness (QED) is 0.279. The zero-order chi connectivity index (χ0) is 21.6. The summed E-state index contributed by atoms with van der Waals surface area (Å²) < 4.78 is 11.5. The molecule has 0 N–H and O–H groups in total. The first-order chi connectivity index (χ1) is 15.2. The number of fused-ring (bicyclic) bond motifs is 1. The summed E-state index contributed by atoms with van der Waals surface area (Å²) in [6.45, 7) is 2.11. The van der Waals surface area contributed by atoms with Crippen molar-refractivity contribution in [1.29, 1.82) is 0 Å². The fourth-order valence-electron chi connectivity index (χ4n) is 3.53. The second-order valence-corrected chi connectivity index (χ2v) is 7.16. The van der Waals surface area contributed by atoms with E-state index in [0.717, 1.165) is 23.8 Å². The molecule has 4 rings (SSSR count). The summed E-state index contributed by atoms with van der Waals surface area (Å²) in [4.78, 5) is 25.4. The van der Waals surface area contributed by atoms with E-state index >= 15 is 0 Å². The fraction of sp³-hybridized carbons (Fsp3) is 0.111. The van der Waals surface area contributed by atoms with Crippen LogP contribution in [0.4, 0.5) is 0 Å². The molecular weight excluding hydrogens is 388 g/mol. The van der Waals surface area contributed by atoms with Crippen LogP contribution in [-0.4, -0.2) is 11.9 Å². The van der Waals surface area contributed by atoms with E-state index in [9.17, 15) is 9.59 Å². The van der Waals surface area contributed by atoms with Gasteiger partial charge in [0.15, 0.2) is 0 Å². The zero-order valence-corrected chi connectivity index (χ0v) is 17.2. The molecule has 0 radical (unpaired) electrons. The number of benzene rings is 4. The van der Waals surface area contributed by atoms with Gasteiger partial charge in [0.1, 0.15) is 11.5 Å². The third kappa shape index (κ3) is 4.48. The Hall–Kier alpha value is -3.92. The topological polar surface area (TPSA) is 52.6 Å². The van der Waals surface area contributed by atoms with Crippen molar-refractivity contribution in [3.8, 4) is 11.5 Å². The molecule has 0 aliphatic heterocycles. The second-order valence-electron chi connectivity index (χ2n) is 7.16. The minimum Gasteiger partial charge on any atom is -0.422 e. The van der Waals surface area contributed by atoms with E-state index < -0.39 is 11.9 Å². The third-order valence-electron chi connectivity index (χ3n) is 5.00. The van der Waals surface area contributed by atoms with Crippen LogP contribution in [0.1, 0.15) is 39.6 Å². The highest BCUT2D eigenvalue weighted by Crippen LogP contribution is 2.37. The lowest BCUT2D eigenvalue weighted by atomic mass is 9.99. The second kappa shape index (κ2) is 9.26. The van der Waals surface area contributed by atoms with E-state index in [0.29, 0.717) is 28.0 Å². The number of hydrogen-bond donors (Lipinski definition) is 0. The first-order valence-electron chi connectivity index (χ1n) is 10.3. The smallest absolute Gasteiger partial charge is 0.343 e. The monoisotopic (exact) mass is 410 g/mol. The van der Waals surface area contributed by atoms with Gasteiger partial charge in [-0.15, -0.1) is 0 Å². The summed E-state index contributed by atoms with van der Waals surface area (Å²) in [7, 11) is 0. The van der Waals surface area contributed by atoms with Crippen molar-refractivity contribution in [3.05, 3.63) is 108 Å². The number of carbonyl (C=O) groups excluding carboxylic acids is 2. The number of carbonyl (C=O) groups is 2. The van der Waals surface area contributed by atoms with Gasteiger partial charge in [-0.3, -0.25) is 0 Å². The minimum absolute atomic E-state index is 0.361. The molecule has 0 heterocycles. The number of ether oxygens (including phenoxy) is 2. The first-order valence-corrected chi connectivity index (χ1v) is 10.3. The van der Waals surface area contributed by atoms with Crippen molar-refractivity contribution in [2.45, 2.75) is 19.8 Å². The molecule has 0 spiro atoms. The molecule has 4 aromatic rings. The highest BCUT2D eigenvalue weighted by Gasteiger charge is 2.18. The van der Waals surface area contributed by atoms with E-state index in [2.05, 4.69) is 6.92 Å². The van der Waals surface area contributed by atoms with Crippen LogP contribution in [-0.2, 0) is 6.42 Å². The van der Waals surface area contributed by atoms with Crippen molar-refractivity contribution >= 4 is 22.7 Å². The summed E-state index contributed by atoms with van der Waals surface area (Å²) in [5.74, 6) is -0.205. The summed E-state index contributed by atoms with van der Waals surface area (Å²) in [5.41, 5.74) is 2.01. The normalized spacial score (nSPS) is 10.6. The Labute approximate surface area is 181 Å². The Morgan fingerprint density at radius 1 is 0.645 bits per heavy atom. The van der Waals surface area contributed by atoms with E-state index in [1.165, 1.54) is 0 Å². The number of aryl methyl sites for hydroxylation is 1. The maximum absolute atomic E-state index is 12.7. The maximum Gasteiger partial charge on any atom is 0.343 e. The van der Waals surface area contributed by atoms with E-state index in [-0.39, 0.29) is 0 Å². The van der Waals surface area contributed by atoms with Gasteiger partial charge >= 0.3 is 11.9 Å². The van der Waals surface area contributed by atoms with Crippen LogP contribution in [0.15, 0.2) is 91.0 Å². The SMILES string of the molecule is CCCc1ccc(OC(=O)c2ccccc2)c2c(OC(=O)c3ccccc3)cccc12. The molecule has 0 unspecified atom stereocenters. The maximum atomic E-state index is 12.7. The van der Waals surface area contributed by atoms with Crippen LogP contribution in [0.2, 0.25) is 0 Å². The molecule has 0 saturated carbocycles. The number of esters is 2. The van der Waals surface area contributed by atoms with E-state index in [4.69, 9.17) is 9.47 Å². The lowest BCUT2D eigenvalue weighted by Crippen LogP contribution is -2.11. The van der Waals surface area contributed by atoms with Crippen LogP contribution >= 0.6 is 0 Å². The molecule has 0 atom stereocenters. The minimum atomic E-state index is -0.464. The summed E-state index contributed by atoms with van der Waals surface area (Å²) >= 11 is 0. The Bertz CT molecular complexity index is 1150. The number of hydrogen-bond acceptors (Lipinski definition) is 4. The molecule has 4 nitrogen and oxygen atoms in total. The zero-order valence-electron chi connectivity index (χ0n) is 17.2. The molecule has 0 amide bonds. The van der Waals surface area contributed by atoms with Gasteiger partial charge in [-0.25, -0.2) is 9.59 Å². The van der Waals surface area contributed by atoms with Crippen molar-refractivity contribution in [2.75, 3.05) is 0 Å². The van der Waals surface area contributed by atoms with Crippen molar-refractivity contribution < 1.29 is 19.1 Å². The average Bonchev–Trinajstić information content (AvgIpc) is 2.82. The molecule has 31 heavy (non-hydrogen) atoms. The van der Waals surface area contributed by atoms with Gasteiger partial charge in [-0.05, 0) is 53.8 Å². The van der Waals surface area contributed by atoms with Gasteiger partial charge in [0, 0.05) is 0 Å². The molecule has 0 aliphatic carbocycles. The summed E-state index contributed by atoms with van der Waals surface area (Å²) in [6, 6.07) is 26.9. The Morgan fingerprint density at radius 3 is 1.74 bits per heavy atom. The van der Waals surface area contributed by atoms with Crippen LogP contribution in [0.3, 0.4) is 0 Å². The lowest BCUT2D eigenvalue weighted by Gasteiger charge is -2.15. The van der Waals surface area contributed by atoms with Gasteiger partial charge < -0.3 is 9.47 Å². The van der Waals surface area contributed by atoms with Gasteiger partial charge in [-0.2, -0.15) is 0 Å². The standard InChI is InChI=1S/C27H22O4/c1-2-10-19-17-18-24(31-27(29)21-13-7-4-8-14-21)25-22(19)15-9-16-23(25)30-26(28)20-11-5-3-6-12-20/h3-9,11-18H,2,10H2,1H3. The molecule has 0 aliphatic rings.